The zero-order valence-corrected chi connectivity index (χ0v) is 12.2. The van der Waals surface area contributed by atoms with Crippen molar-refractivity contribution in [3.63, 3.8) is 0 Å². The molecule has 1 atom stereocenters. The normalized spacial score (nSPS) is 21.1. The smallest absolute Gasteiger partial charge is 0.340 e. The summed E-state index contributed by atoms with van der Waals surface area (Å²) in [5, 5.41) is 5.92. The van der Waals surface area contributed by atoms with Crippen molar-refractivity contribution in [1.82, 2.24) is 5.32 Å². The third-order valence-corrected chi connectivity index (χ3v) is 4.04. The summed E-state index contributed by atoms with van der Waals surface area (Å²) in [7, 11) is 1.22. The maximum absolute atomic E-state index is 13.3. The Morgan fingerprint density at radius 1 is 1.48 bits per heavy atom. The molecule has 1 aromatic rings. The molecule has 2 rings (SSSR count). The van der Waals surface area contributed by atoms with Crippen LogP contribution in [0.25, 0.3) is 0 Å². The van der Waals surface area contributed by atoms with Gasteiger partial charge in [0.15, 0.2) is 0 Å². The van der Waals surface area contributed by atoms with Crippen molar-refractivity contribution in [3.8, 4) is 0 Å². The summed E-state index contributed by atoms with van der Waals surface area (Å²) in [5.41, 5.74) is -0.196. The minimum absolute atomic E-state index is 0.0167. The minimum Gasteiger partial charge on any atom is -0.465 e. The summed E-state index contributed by atoms with van der Waals surface area (Å²) in [5.74, 6) is -1.40. The summed E-state index contributed by atoms with van der Waals surface area (Å²) in [4.78, 5) is 24.2. The van der Waals surface area contributed by atoms with Crippen molar-refractivity contribution >= 4 is 17.6 Å². The lowest BCUT2D eigenvalue weighted by molar-refractivity contribution is -0.124. The third kappa shape index (κ3) is 3.05. The van der Waals surface area contributed by atoms with Gasteiger partial charge in [-0.2, -0.15) is 0 Å². The van der Waals surface area contributed by atoms with E-state index >= 15 is 0 Å². The van der Waals surface area contributed by atoms with E-state index in [1.54, 1.807) is 0 Å². The van der Waals surface area contributed by atoms with Gasteiger partial charge < -0.3 is 15.4 Å². The van der Waals surface area contributed by atoms with Gasteiger partial charge >= 0.3 is 5.97 Å². The van der Waals surface area contributed by atoms with Gasteiger partial charge in [0.2, 0.25) is 5.91 Å². The van der Waals surface area contributed by atoms with Crippen LogP contribution in [0.15, 0.2) is 18.2 Å². The van der Waals surface area contributed by atoms with E-state index in [4.69, 9.17) is 0 Å². The number of hydrogen-bond donors (Lipinski definition) is 2. The summed E-state index contributed by atoms with van der Waals surface area (Å²) in [6.45, 7) is 3.34. The molecular formula is C15H19FN2O3. The number of carbonyl (C=O) groups is 2. The summed E-state index contributed by atoms with van der Waals surface area (Å²) < 4.78 is 17.9. The van der Waals surface area contributed by atoms with Crippen LogP contribution in [0.2, 0.25) is 0 Å². The van der Waals surface area contributed by atoms with Gasteiger partial charge in [0.1, 0.15) is 5.82 Å². The highest BCUT2D eigenvalue weighted by Crippen LogP contribution is 2.31. The molecule has 5 nitrogen and oxygen atoms in total. The predicted octanol–water partition coefficient (Wildman–Crippen LogP) is 1.94. The Morgan fingerprint density at radius 2 is 2.24 bits per heavy atom. The van der Waals surface area contributed by atoms with Crippen LogP contribution in [0.3, 0.4) is 0 Å². The van der Waals surface area contributed by atoms with Crippen LogP contribution in [0, 0.1) is 11.2 Å². The van der Waals surface area contributed by atoms with Crippen LogP contribution in [-0.2, 0) is 9.53 Å². The van der Waals surface area contributed by atoms with Crippen molar-refractivity contribution in [1.29, 1.82) is 0 Å². The predicted molar refractivity (Wildman–Crippen MR) is 76.6 cm³/mol. The molecule has 0 saturated carbocycles. The number of carbonyl (C=O) groups excluding carboxylic acids is 2. The van der Waals surface area contributed by atoms with Crippen molar-refractivity contribution in [2.75, 3.05) is 25.5 Å². The first-order valence-corrected chi connectivity index (χ1v) is 6.92. The molecule has 0 aromatic heterocycles. The number of ether oxygens (including phenoxy) is 1. The third-order valence-electron chi connectivity index (χ3n) is 4.04. The van der Waals surface area contributed by atoms with E-state index in [1.165, 1.54) is 19.2 Å². The molecule has 1 aromatic carbocycles. The van der Waals surface area contributed by atoms with E-state index in [2.05, 4.69) is 15.4 Å². The summed E-state index contributed by atoms with van der Waals surface area (Å²) in [6.07, 6.45) is 1.44. The van der Waals surface area contributed by atoms with Crippen LogP contribution in [0.4, 0.5) is 10.1 Å². The molecule has 1 saturated heterocycles. The second-order valence-electron chi connectivity index (χ2n) is 5.20. The molecule has 1 amide bonds. The number of nitrogens with one attached hydrogen (secondary N) is 2. The van der Waals surface area contributed by atoms with Crippen molar-refractivity contribution in [2.24, 2.45) is 5.41 Å². The lowest BCUT2D eigenvalue weighted by Gasteiger charge is -2.25. The van der Waals surface area contributed by atoms with E-state index in [1.807, 2.05) is 6.92 Å². The topological polar surface area (TPSA) is 67.4 Å². The second kappa shape index (κ2) is 6.22. The molecule has 6 heteroatoms. The van der Waals surface area contributed by atoms with E-state index in [9.17, 15) is 14.0 Å². The number of benzene rings is 1. The molecule has 1 aliphatic rings. The van der Waals surface area contributed by atoms with Gasteiger partial charge in [-0.15, -0.1) is 0 Å². The number of esters is 1. The number of amides is 1. The molecule has 21 heavy (non-hydrogen) atoms. The van der Waals surface area contributed by atoms with Gasteiger partial charge in [0.25, 0.3) is 0 Å². The Hall–Kier alpha value is -1.95. The Balaban J connectivity index is 2.27. The maximum atomic E-state index is 13.3. The van der Waals surface area contributed by atoms with Gasteiger partial charge in [-0.05, 0) is 37.6 Å². The molecule has 2 N–H and O–H groups in total. The molecule has 0 spiro atoms. The summed E-state index contributed by atoms with van der Waals surface area (Å²) in [6, 6.07) is 3.64. The first-order chi connectivity index (χ1) is 10.0. The molecule has 114 valence electrons. The zero-order valence-electron chi connectivity index (χ0n) is 12.2. The standard InChI is InChI=1S/C15H19FN2O3/c1-3-15(6-7-17-9-15)14(20)18-12-5-4-10(16)8-11(12)13(19)21-2/h4-5,8,17H,3,6-7,9H2,1-2H3,(H,18,20). The Labute approximate surface area is 122 Å². The molecule has 0 aliphatic carbocycles. The number of hydrogen-bond acceptors (Lipinski definition) is 4. The van der Waals surface area contributed by atoms with Gasteiger partial charge in [-0.1, -0.05) is 6.92 Å². The molecule has 1 unspecified atom stereocenters. The molecule has 0 bridgehead atoms. The van der Waals surface area contributed by atoms with E-state index < -0.39 is 17.2 Å². The monoisotopic (exact) mass is 294 g/mol. The first-order valence-electron chi connectivity index (χ1n) is 6.92. The fourth-order valence-electron chi connectivity index (χ4n) is 2.56. The largest absolute Gasteiger partial charge is 0.465 e. The highest BCUT2D eigenvalue weighted by atomic mass is 19.1. The van der Waals surface area contributed by atoms with E-state index in [0.717, 1.165) is 19.0 Å². The molecule has 1 fully saturated rings. The maximum Gasteiger partial charge on any atom is 0.340 e. The second-order valence-corrected chi connectivity index (χ2v) is 5.20. The van der Waals surface area contributed by atoms with Crippen LogP contribution in [0.1, 0.15) is 30.1 Å². The lowest BCUT2D eigenvalue weighted by Crippen LogP contribution is -2.38. The average Bonchev–Trinajstić information content (AvgIpc) is 2.98. The highest BCUT2D eigenvalue weighted by Gasteiger charge is 2.39. The average molecular weight is 294 g/mol. The number of methoxy groups -OCH3 is 1. The Morgan fingerprint density at radius 3 is 2.81 bits per heavy atom. The summed E-state index contributed by atoms with van der Waals surface area (Å²) >= 11 is 0. The molecule has 0 radical (unpaired) electrons. The molecule has 1 aliphatic heterocycles. The SMILES string of the molecule is CCC1(C(=O)Nc2ccc(F)cc2C(=O)OC)CCNC1. The van der Waals surface area contributed by atoms with E-state index in [0.29, 0.717) is 13.0 Å². The van der Waals surface area contributed by atoms with Crippen molar-refractivity contribution in [3.05, 3.63) is 29.6 Å². The van der Waals surface area contributed by atoms with Crippen LogP contribution in [0.5, 0.6) is 0 Å². The number of anilines is 1. The Kier molecular flexibility index (Phi) is 4.57. The van der Waals surface area contributed by atoms with E-state index in [-0.39, 0.29) is 17.2 Å². The minimum atomic E-state index is -0.681. The zero-order chi connectivity index (χ0) is 15.5. The molecule has 1 heterocycles. The van der Waals surface area contributed by atoms with Crippen molar-refractivity contribution < 1.29 is 18.7 Å². The Bertz CT molecular complexity index is 554. The number of rotatable bonds is 4. The highest BCUT2D eigenvalue weighted by molar-refractivity contribution is 6.03. The molecular weight excluding hydrogens is 275 g/mol. The fourth-order valence-corrected chi connectivity index (χ4v) is 2.56. The lowest BCUT2D eigenvalue weighted by atomic mass is 9.83. The van der Waals surface area contributed by atoms with Crippen LogP contribution in [-0.4, -0.2) is 32.1 Å². The van der Waals surface area contributed by atoms with Crippen LogP contribution >= 0.6 is 0 Å². The fraction of sp³-hybridized carbons (Fsp3) is 0.467. The number of halogens is 1. The van der Waals surface area contributed by atoms with Gasteiger partial charge in [-0.25, -0.2) is 9.18 Å². The van der Waals surface area contributed by atoms with Crippen LogP contribution < -0.4 is 10.6 Å². The van der Waals surface area contributed by atoms with Crippen molar-refractivity contribution in [2.45, 2.75) is 19.8 Å². The van der Waals surface area contributed by atoms with Gasteiger partial charge in [-0.3, -0.25) is 4.79 Å². The van der Waals surface area contributed by atoms with Gasteiger partial charge in [0.05, 0.1) is 23.8 Å². The quantitative estimate of drug-likeness (QED) is 0.833. The van der Waals surface area contributed by atoms with Gasteiger partial charge in [0, 0.05) is 6.54 Å². The first kappa shape index (κ1) is 15.4.